The van der Waals surface area contributed by atoms with Crippen LogP contribution in [0.25, 0.3) is 5.52 Å². The third kappa shape index (κ3) is 3.51. The molecule has 2 aliphatic heterocycles. The maximum absolute atomic E-state index is 12.0. The number of ether oxygens (including phenoxy) is 5. The smallest absolute Gasteiger partial charge is 0.243 e. The van der Waals surface area contributed by atoms with Crippen molar-refractivity contribution in [2.75, 3.05) is 13.7 Å². The van der Waals surface area contributed by atoms with Gasteiger partial charge in [0, 0.05) is 0 Å². The van der Waals surface area contributed by atoms with Crippen LogP contribution in [0, 0.1) is 6.92 Å². The molecule has 9 heteroatoms. The second-order valence-corrected chi connectivity index (χ2v) is 9.17. The Labute approximate surface area is 192 Å². The molecule has 0 amide bonds. The van der Waals surface area contributed by atoms with Gasteiger partial charge in [-0.2, -0.15) is 5.10 Å². The molecule has 4 heterocycles. The topological polar surface area (TPSA) is 96.6 Å². The SMILES string of the molecule is COc1ccc(COC[C@H]2OC(O)(c3ccc4c(C)ncnn34)[C@]3(C)OC(C)(C)O[C@H]23)cc1. The number of hydrogen-bond donors (Lipinski definition) is 1. The maximum atomic E-state index is 12.0. The molecular formula is C24H29N3O6. The summed E-state index contributed by atoms with van der Waals surface area (Å²) in [4.78, 5) is 4.23. The van der Waals surface area contributed by atoms with Gasteiger partial charge < -0.3 is 28.8 Å². The molecule has 2 aromatic heterocycles. The van der Waals surface area contributed by atoms with E-state index in [1.165, 1.54) is 6.33 Å². The van der Waals surface area contributed by atoms with Crippen LogP contribution >= 0.6 is 0 Å². The van der Waals surface area contributed by atoms with E-state index in [0.717, 1.165) is 22.5 Å². The van der Waals surface area contributed by atoms with E-state index in [-0.39, 0.29) is 6.61 Å². The number of benzene rings is 1. The van der Waals surface area contributed by atoms with Crippen LogP contribution < -0.4 is 4.74 Å². The average molecular weight is 456 g/mol. The third-order valence-corrected chi connectivity index (χ3v) is 6.45. The van der Waals surface area contributed by atoms with Crippen molar-refractivity contribution in [1.29, 1.82) is 0 Å². The molecule has 9 nitrogen and oxygen atoms in total. The molecule has 1 unspecified atom stereocenters. The monoisotopic (exact) mass is 455 g/mol. The first kappa shape index (κ1) is 22.2. The fraction of sp³-hybridized carbons (Fsp3) is 0.500. The highest BCUT2D eigenvalue weighted by Crippen LogP contribution is 2.55. The Morgan fingerprint density at radius 1 is 1.09 bits per heavy atom. The summed E-state index contributed by atoms with van der Waals surface area (Å²) in [6.07, 6.45) is 0.338. The lowest BCUT2D eigenvalue weighted by molar-refractivity contribution is -0.312. The predicted molar refractivity (Wildman–Crippen MR) is 118 cm³/mol. The van der Waals surface area contributed by atoms with Gasteiger partial charge in [-0.25, -0.2) is 9.50 Å². The van der Waals surface area contributed by atoms with Gasteiger partial charge in [0.05, 0.1) is 31.5 Å². The van der Waals surface area contributed by atoms with Crippen molar-refractivity contribution in [2.45, 2.75) is 63.7 Å². The number of nitrogens with zero attached hydrogens (tertiary/aromatic N) is 3. The number of methoxy groups -OCH3 is 1. The molecule has 1 N–H and O–H groups in total. The largest absolute Gasteiger partial charge is 0.497 e. The second-order valence-electron chi connectivity index (χ2n) is 9.17. The molecule has 4 atom stereocenters. The summed E-state index contributed by atoms with van der Waals surface area (Å²) in [5.41, 5.74) is 1.84. The highest BCUT2D eigenvalue weighted by Gasteiger charge is 2.72. The van der Waals surface area contributed by atoms with E-state index in [4.69, 9.17) is 23.7 Å². The van der Waals surface area contributed by atoms with Crippen molar-refractivity contribution in [3.05, 3.63) is 59.7 Å². The number of rotatable bonds is 6. The summed E-state index contributed by atoms with van der Waals surface area (Å²) in [5.74, 6) is -1.92. The van der Waals surface area contributed by atoms with Crippen molar-refractivity contribution in [3.63, 3.8) is 0 Å². The molecule has 2 fully saturated rings. The minimum Gasteiger partial charge on any atom is -0.497 e. The van der Waals surface area contributed by atoms with Crippen molar-refractivity contribution in [3.8, 4) is 5.75 Å². The lowest BCUT2D eigenvalue weighted by Gasteiger charge is -2.36. The summed E-state index contributed by atoms with van der Waals surface area (Å²) < 4.78 is 31.5. The first-order chi connectivity index (χ1) is 15.7. The Morgan fingerprint density at radius 3 is 2.58 bits per heavy atom. The van der Waals surface area contributed by atoms with E-state index in [1.54, 1.807) is 17.7 Å². The molecule has 2 saturated heterocycles. The quantitative estimate of drug-likeness (QED) is 0.606. The molecule has 5 rings (SSSR count). The van der Waals surface area contributed by atoms with Gasteiger partial charge in [-0.15, -0.1) is 0 Å². The predicted octanol–water partition coefficient (Wildman–Crippen LogP) is 2.72. The molecule has 3 aromatic rings. The standard InChI is InChI=1S/C24H29N3O6/c1-15-18-10-11-20(27(18)26-14-25-15)24(28)23(4)21(32-22(2,3)33-23)19(31-24)13-30-12-16-6-8-17(29-5)9-7-16/h6-11,14,19,21,28H,12-13H2,1-5H3/t19-,21-,23-,24?/m1/s1. The van der Waals surface area contributed by atoms with E-state index in [0.29, 0.717) is 12.3 Å². The zero-order chi connectivity index (χ0) is 23.4. The Bertz CT molecular complexity index is 1160. The Morgan fingerprint density at radius 2 is 1.85 bits per heavy atom. The zero-order valence-corrected chi connectivity index (χ0v) is 19.4. The zero-order valence-electron chi connectivity index (χ0n) is 19.4. The summed E-state index contributed by atoms with van der Waals surface area (Å²) in [5, 5.41) is 16.3. The number of fused-ring (bicyclic) bond motifs is 2. The number of aromatic nitrogens is 3. The van der Waals surface area contributed by atoms with E-state index >= 15 is 0 Å². The van der Waals surface area contributed by atoms with E-state index in [2.05, 4.69) is 10.1 Å². The minimum atomic E-state index is -1.81. The molecule has 0 aliphatic carbocycles. The highest BCUT2D eigenvalue weighted by atomic mass is 16.8. The van der Waals surface area contributed by atoms with E-state index in [1.807, 2.05) is 58.0 Å². The summed E-state index contributed by atoms with van der Waals surface area (Å²) >= 11 is 0. The Balaban J connectivity index is 1.42. The van der Waals surface area contributed by atoms with Crippen LogP contribution in [0.4, 0.5) is 0 Å². The van der Waals surface area contributed by atoms with Gasteiger partial charge in [0.15, 0.2) is 11.4 Å². The van der Waals surface area contributed by atoms with Crippen molar-refractivity contribution < 1.29 is 28.8 Å². The van der Waals surface area contributed by atoms with Crippen LogP contribution in [0.5, 0.6) is 5.75 Å². The number of aryl methyl sites for hydroxylation is 1. The summed E-state index contributed by atoms with van der Waals surface area (Å²) in [6, 6.07) is 11.3. The highest BCUT2D eigenvalue weighted by molar-refractivity contribution is 5.53. The van der Waals surface area contributed by atoms with Crippen LogP contribution in [0.3, 0.4) is 0 Å². The molecule has 0 spiro atoms. The Hall–Kier alpha value is -2.56. The normalized spacial score (nSPS) is 30.6. The first-order valence-corrected chi connectivity index (χ1v) is 11.0. The van der Waals surface area contributed by atoms with Gasteiger partial charge >= 0.3 is 0 Å². The number of hydrogen-bond acceptors (Lipinski definition) is 8. The lowest BCUT2D eigenvalue weighted by atomic mass is 9.88. The van der Waals surface area contributed by atoms with Gasteiger partial charge in [-0.3, -0.25) is 0 Å². The van der Waals surface area contributed by atoms with Crippen molar-refractivity contribution >= 4 is 5.52 Å². The minimum absolute atomic E-state index is 0.214. The molecular weight excluding hydrogens is 426 g/mol. The van der Waals surface area contributed by atoms with Crippen LogP contribution in [0.15, 0.2) is 42.7 Å². The molecule has 0 radical (unpaired) electrons. The maximum Gasteiger partial charge on any atom is 0.243 e. The van der Waals surface area contributed by atoms with E-state index in [9.17, 15) is 5.11 Å². The number of aliphatic hydroxyl groups is 1. The van der Waals surface area contributed by atoms with Gasteiger partial charge in [-0.1, -0.05) is 12.1 Å². The van der Waals surface area contributed by atoms with Crippen LogP contribution in [-0.2, 0) is 31.3 Å². The fourth-order valence-electron chi connectivity index (χ4n) is 4.87. The van der Waals surface area contributed by atoms with Crippen molar-refractivity contribution in [2.24, 2.45) is 0 Å². The fourth-order valence-corrected chi connectivity index (χ4v) is 4.87. The van der Waals surface area contributed by atoms with Crippen molar-refractivity contribution in [1.82, 2.24) is 14.6 Å². The van der Waals surface area contributed by atoms with Gasteiger partial charge in [0.25, 0.3) is 0 Å². The summed E-state index contributed by atoms with van der Waals surface area (Å²) in [6.45, 7) is 7.95. The summed E-state index contributed by atoms with van der Waals surface area (Å²) in [7, 11) is 1.63. The molecule has 0 saturated carbocycles. The van der Waals surface area contributed by atoms with Gasteiger partial charge in [0.2, 0.25) is 5.79 Å². The third-order valence-electron chi connectivity index (χ3n) is 6.45. The molecule has 2 aliphatic rings. The molecule has 1 aromatic carbocycles. The van der Waals surface area contributed by atoms with Crippen LogP contribution in [0.2, 0.25) is 0 Å². The van der Waals surface area contributed by atoms with Gasteiger partial charge in [0.1, 0.15) is 30.0 Å². The van der Waals surface area contributed by atoms with E-state index < -0.39 is 29.4 Å². The second kappa shape index (κ2) is 7.75. The first-order valence-electron chi connectivity index (χ1n) is 11.0. The average Bonchev–Trinajstić information content (AvgIpc) is 3.38. The van der Waals surface area contributed by atoms with Crippen LogP contribution in [0.1, 0.15) is 37.7 Å². The molecule has 0 bridgehead atoms. The van der Waals surface area contributed by atoms with Crippen LogP contribution in [-0.4, -0.2) is 57.0 Å². The Kier molecular flexibility index (Phi) is 5.22. The lowest BCUT2D eigenvalue weighted by Crippen LogP contribution is -2.52. The molecule has 176 valence electrons. The molecule has 33 heavy (non-hydrogen) atoms. The van der Waals surface area contributed by atoms with Gasteiger partial charge in [-0.05, 0) is 57.5 Å².